The molecule has 182 valence electrons. The molecule has 0 aliphatic heterocycles. The third kappa shape index (κ3) is 6.58. The van der Waals surface area contributed by atoms with E-state index in [1.54, 1.807) is 30.3 Å². The van der Waals surface area contributed by atoms with Crippen LogP contribution in [0.25, 0.3) is 11.3 Å². The number of nitrogens with two attached hydrogens (primary N) is 2. The van der Waals surface area contributed by atoms with Crippen molar-refractivity contribution in [1.82, 2.24) is 15.5 Å². The van der Waals surface area contributed by atoms with Crippen molar-refractivity contribution in [2.45, 2.75) is 26.3 Å². The van der Waals surface area contributed by atoms with Gasteiger partial charge in [-0.15, -0.1) is 0 Å². The number of rotatable bonds is 9. The maximum atomic E-state index is 12.4. The highest BCUT2D eigenvalue weighted by molar-refractivity contribution is 6.36. The number of halogens is 2. The largest absolute Gasteiger partial charge is 0.385 e. The molecule has 0 atom stereocenters. The van der Waals surface area contributed by atoms with Crippen molar-refractivity contribution in [1.29, 1.82) is 5.41 Å². The first-order valence-electron chi connectivity index (χ1n) is 10.4. The smallest absolute Gasteiger partial charge is 0.254 e. The molecule has 0 saturated heterocycles. The maximum absolute atomic E-state index is 12.4. The van der Waals surface area contributed by atoms with Crippen molar-refractivity contribution in [3.05, 3.63) is 75.3 Å². The van der Waals surface area contributed by atoms with E-state index < -0.39 is 11.8 Å². The van der Waals surface area contributed by atoms with E-state index in [1.165, 1.54) is 12.3 Å². The molecule has 2 amide bonds. The number of benzene rings is 1. The molecule has 0 radical (unpaired) electrons. The fourth-order valence-corrected chi connectivity index (χ4v) is 3.60. The van der Waals surface area contributed by atoms with Gasteiger partial charge in [0.25, 0.3) is 5.91 Å². The molecule has 0 aliphatic rings. The number of carbonyl (C=O) groups excluding carboxylic acids is 2. The van der Waals surface area contributed by atoms with Gasteiger partial charge in [-0.3, -0.25) is 25.3 Å². The van der Waals surface area contributed by atoms with E-state index in [2.05, 4.69) is 20.8 Å². The fourth-order valence-electron chi connectivity index (χ4n) is 3.10. The number of carbonyl (C=O) groups is 2. The third-order valence-electron chi connectivity index (χ3n) is 4.64. The minimum absolute atomic E-state index is 0.00673. The standard InChI is InChI=1S/C23H23Cl2N7O3/c1-11(2)30-22(27)20(23(28)34)21(26)12-3-5-14(29-10-12)8-18(33)31-19-9-17(32-35-19)15-6-4-13(24)7-16(15)25/h3-7,9-11,26,30H,8,27H2,1-2H3,(H2,28,34)(H,31,33)/b22-20+,26-21?. The van der Waals surface area contributed by atoms with Crippen LogP contribution >= 0.6 is 23.2 Å². The summed E-state index contributed by atoms with van der Waals surface area (Å²) in [5.41, 5.74) is 12.8. The van der Waals surface area contributed by atoms with Gasteiger partial charge in [0, 0.05) is 40.1 Å². The molecule has 1 aromatic carbocycles. The number of nitrogens with zero attached hydrogens (tertiary/aromatic N) is 2. The van der Waals surface area contributed by atoms with Crippen LogP contribution in [0.3, 0.4) is 0 Å². The second-order valence-corrected chi connectivity index (χ2v) is 8.63. The third-order valence-corrected chi connectivity index (χ3v) is 5.19. The predicted octanol–water partition coefficient (Wildman–Crippen LogP) is 3.25. The summed E-state index contributed by atoms with van der Waals surface area (Å²) in [4.78, 5) is 28.5. The van der Waals surface area contributed by atoms with Crippen molar-refractivity contribution in [2.75, 3.05) is 5.32 Å². The van der Waals surface area contributed by atoms with E-state index in [4.69, 9.17) is 44.6 Å². The molecule has 7 N–H and O–H groups in total. The van der Waals surface area contributed by atoms with Gasteiger partial charge < -0.3 is 21.3 Å². The number of hydrogen-bond donors (Lipinski definition) is 5. The molecule has 0 spiro atoms. The summed E-state index contributed by atoms with van der Waals surface area (Å²) in [5.74, 6) is -1.09. The lowest BCUT2D eigenvalue weighted by molar-refractivity contribution is -0.116. The van der Waals surface area contributed by atoms with Crippen LogP contribution in [0.4, 0.5) is 5.88 Å². The van der Waals surface area contributed by atoms with Gasteiger partial charge in [0.15, 0.2) is 0 Å². The molecule has 0 unspecified atom stereocenters. The first-order valence-corrected chi connectivity index (χ1v) is 11.1. The number of hydrogen-bond acceptors (Lipinski definition) is 8. The highest BCUT2D eigenvalue weighted by Crippen LogP contribution is 2.30. The van der Waals surface area contributed by atoms with Crippen molar-refractivity contribution in [2.24, 2.45) is 11.5 Å². The Balaban J connectivity index is 1.67. The van der Waals surface area contributed by atoms with Crippen LogP contribution in [0.2, 0.25) is 10.0 Å². The van der Waals surface area contributed by atoms with Crippen LogP contribution < -0.4 is 22.1 Å². The molecule has 0 aliphatic carbocycles. The van der Waals surface area contributed by atoms with Gasteiger partial charge in [-0.2, -0.15) is 0 Å². The Labute approximate surface area is 211 Å². The molecule has 3 rings (SSSR count). The zero-order valence-corrected chi connectivity index (χ0v) is 20.4. The molecule has 3 aromatic rings. The quantitative estimate of drug-likeness (QED) is 0.214. The number of anilines is 1. The lowest BCUT2D eigenvalue weighted by atomic mass is 10.0. The average Bonchev–Trinajstić information content (AvgIpc) is 3.21. The van der Waals surface area contributed by atoms with E-state index in [9.17, 15) is 9.59 Å². The van der Waals surface area contributed by atoms with Gasteiger partial charge in [0.1, 0.15) is 17.1 Å². The lowest BCUT2D eigenvalue weighted by Crippen LogP contribution is -2.34. The molecular formula is C23H23Cl2N7O3. The van der Waals surface area contributed by atoms with E-state index in [0.717, 1.165) is 0 Å². The summed E-state index contributed by atoms with van der Waals surface area (Å²) in [5, 5.41) is 18.6. The molecule has 0 fully saturated rings. The fraction of sp³-hybridized carbons (Fsp3) is 0.174. The van der Waals surface area contributed by atoms with Gasteiger partial charge in [0.2, 0.25) is 11.8 Å². The van der Waals surface area contributed by atoms with Crippen molar-refractivity contribution < 1.29 is 14.1 Å². The zero-order valence-electron chi connectivity index (χ0n) is 18.9. The molecule has 35 heavy (non-hydrogen) atoms. The molecular weight excluding hydrogens is 493 g/mol. The average molecular weight is 516 g/mol. The van der Waals surface area contributed by atoms with Crippen LogP contribution in [0, 0.1) is 5.41 Å². The Morgan fingerprint density at radius 1 is 1.14 bits per heavy atom. The second-order valence-electron chi connectivity index (χ2n) is 7.79. The molecule has 12 heteroatoms. The Kier molecular flexibility index (Phi) is 8.10. The highest BCUT2D eigenvalue weighted by Gasteiger charge is 2.19. The SMILES string of the molecule is CC(C)N/C(N)=C(\C(=N)c1ccc(CC(=O)Nc2cc(-c3ccc(Cl)cc3Cl)no2)nc1)C(N)=O. The molecule has 0 bridgehead atoms. The van der Waals surface area contributed by atoms with E-state index >= 15 is 0 Å². The molecule has 2 heterocycles. The summed E-state index contributed by atoms with van der Waals surface area (Å²) in [6.45, 7) is 3.67. The minimum atomic E-state index is -0.838. The van der Waals surface area contributed by atoms with Gasteiger partial charge >= 0.3 is 0 Å². The Hall–Kier alpha value is -3.89. The van der Waals surface area contributed by atoms with Crippen LogP contribution in [-0.2, 0) is 16.0 Å². The molecule has 0 saturated carbocycles. The summed E-state index contributed by atoms with van der Waals surface area (Å²) >= 11 is 12.1. The van der Waals surface area contributed by atoms with Crippen LogP contribution in [0.15, 0.2) is 58.5 Å². The zero-order chi connectivity index (χ0) is 25.7. The summed E-state index contributed by atoms with van der Waals surface area (Å²) in [6, 6.07) is 9.55. The summed E-state index contributed by atoms with van der Waals surface area (Å²) in [7, 11) is 0. The van der Waals surface area contributed by atoms with Crippen molar-refractivity contribution in [3.63, 3.8) is 0 Å². The highest BCUT2D eigenvalue weighted by atomic mass is 35.5. The summed E-state index contributed by atoms with van der Waals surface area (Å²) in [6.07, 6.45) is 1.30. The van der Waals surface area contributed by atoms with Crippen molar-refractivity contribution in [3.8, 4) is 11.3 Å². The lowest BCUT2D eigenvalue weighted by Gasteiger charge is -2.15. The topological polar surface area (TPSA) is 173 Å². The Morgan fingerprint density at radius 2 is 1.89 bits per heavy atom. The van der Waals surface area contributed by atoms with Gasteiger partial charge in [-0.05, 0) is 44.2 Å². The van der Waals surface area contributed by atoms with E-state index in [-0.39, 0.29) is 35.5 Å². The first kappa shape index (κ1) is 25.7. The number of aromatic nitrogens is 2. The molecule has 10 nitrogen and oxygen atoms in total. The number of amides is 2. The van der Waals surface area contributed by atoms with Crippen LogP contribution in [0.1, 0.15) is 25.1 Å². The number of primary amides is 1. The van der Waals surface area contributed by atoms with Crippen molar-refractivity contribution >= 4 is 46.6 Å². The molecule has 2 aromatic heterocycles. The van der Waals surface area contributed by atoms with Gasteiger partial charge in [0.05, 0.1) is 17.2 Å². The summed E-state index contributed by atoms with van der Waals surface area (Å²) < 4.78 is 5.17. The number of pyridine rings is 1. The van der Waals surface area contributed by atoms with Gasteiger partial charge in [-0.1, -0.05) is 28.4 Å². The monoisotopic (exact) mass is 515 g/mol. The van der Waals surface area contributed by atoms with E-state index in [0.29, 0.717) is 32.6 Å². The maximum Gasteiger partial charge on any atom is 0.254 e. The minimum Gasteiger partial charge on any atom is -0.385 e. The van der Waals surface area contributed by atoms with Crippen LogP contribution in [0.5, 0.6) is 0 Å². The Morgan fingerprint density at radius 3 is 2.49 bits per heavy atom. The van der Waals surface area contributed by atoms with E-state index in [1.807, 2.05) is 13.8 Å². The second kappa shape index (κ2) is 11.0. The normalized spacial score (nSPS) is 11.7. The Bertz CT molecular complexity index is 1300. The predicted molar refractivity (Wildman–Crippen MR) is 134 cm³/mol. The number of nitrogens with one attached hydrogen (secondary N) is 3. The van der Waals surface area contributed by atoms with Crippen LogP contribution in [-0.4, -0.2) is 33.7 Å². The first-order chi connectivity index (χ1) is 16.5. The van der Waals surface area contributed by atoms with Gasteiger partial charge in [-0.25, -0.2) is 0 Å².